The van der Waals surface area contributed by atoms with Crippen molar-refractivity contribution in [1.29, 1.82) is 0 Å². The Balaban J connectivity index is 0.884. The average molecular weight is 560 g/mol. The fraction of sp³-hybridized carbons (Fsp3) is 0.812. The van der Waals surface area contributed by atoms with Crippen LogP contribution in [0.15, 0.2) is 36.4 Å². The predicted octanol–water partition coefficient (Wildman–Crippen LogP) is 6.14. The van der Waals surface area contributed by atoms with Crippen LogP contribution in [0, 0.1) is 23.7 Å². The van der Waals surface area contributed by atoms with Crippen molar-refractivity contribution in [1.82, 2.24) is 25.3 Å². The zero-order chi connectivity index (χ0) is 27.2. The van der Waals surface area contributed by atoms with Crippen molar-refractivity contribution in [2.75, 3.05) is 51.3 Å². The van der Waals surface area contributed by atoms with Gasteiger partial charge in [-0.15, -0.1) is 0 Å². The molecule has 2 bridgehead atoms. The molecule has 4 unspecified atom stereocenters. The van der Waals surface area contributed by atoms with E-state index in [1.807, 2.05) is 11.8 Å². The highest BCUT2D eigenvalue weighted by atomic mass is 32.2. The highest BCUT2D eigenvalue weighted by molar-refractivity contribution is 7.98. The number of alkyl halides is 1. The van der Waals surface area contributed by atoms with E-state index in [2.05, 4.69) is 50.9 Å². The fourth-order valence-corrected chi connectivity index (χ4v) is 7.99. The lowest BCUT2D eigenvalue weighted by Crippen LogP contribution is -2.50. The lowest BCUT2D eigenvalue weighted by molar-refractivity contribution is 0.0582. The van der Waals surface area contributed by atoms with Gasteiger partial charge in [-0.3, -0.25) is 4.90 Å². The van der Waals surface area contributed by atoms with E-state index in [4.69, 9.17) is 0 Å². The molecule has 220 valence electrons. The quantitative estimate of drug-likeness (QED) is 0.221. The molecule has 0 radical (unpaired) electrons. The van der Waals surface area contributed by atoms with Crippen molar-refractivity contribution < 1.29 is 4.39 Å². The number of fused-ring (bicyclic) bond motifs is 1. The summed E-state index contributed by atoms with van der Waals surface area (Å²) in [5.74, 6) is 3.53. The fourth-order valence-electron chi connectivity index (χ4n) is 7.56. The second-order valence-corrected chi connectivity index (χ2v) is 14.2. The van der Waals surface area contributed by atoms with Crippen molar-refractivity contribution in [3.63, 3.8) is 0 Å². The molecule has 0 aromatic carbocycles. The van der Waals surface area contributed by atoms with Crippen LogP contribution >= 0.6 is 11.8 Å². The van der Waals surface area contributed by atoms with Crippen LogP contribution < -0.4 is 10.6 Å². The molecular weight excluding hydrogens is 505 g/mol. The first kappa shape index (κ1) is 29.2. The number of piperidine rings is 1. The standard InChI is InChI=1S/C32H54FN5S/c1-24(34-13-6-16-39-3)17-28-20-37(21-28)25(2)18-29-10-9-27(19-31(29)33)8-5-4-7-26-11-14-36(15-12-26)32-35-30-22-38(32)23-30/h22,26-29,31-32,34-35H,1-2,4-21,23H2,3H3. The van der Waals surface area contributed by atoms with Crippen molar-refractivity contribution in [3.8, 4) is 0 Å². The van der Waals surface area contributed by atoms with Gasteiger partial charge in [0, 0.05) is 56.0 Å². The van der Waals surface area contributed by atoms with Crippen LogP contribution in [0.4, 0.5) is 4.39 Å². The van der Waals surface area contributed by atoms with Gasteiger partial charge in [0.25, 0.3) is 0 Å². The van der Waals surface area contributed by atoms with E-state index in [0.717, 1.165) is 63.5 Å². The largest absolute Gasteiger partial charge is 0.389 e. The molecule has 3 saturated heterocycles. The Labute approximate surface area is 242 Å². The molecule has 0 aromatic rings. The summed E-state index contributed by atoms with van der Waals surface area (Å²) in [6.07, 6.45) is 18.2. The Bertz CT molecular complexity index is 849. The molecule has 6 aliphatic rings. The first-order valence-corrected chi connectivity index (χ1v) is 17.3. The van der Waals surface area contributed by atoms with Crippen LogP contribution in [0.2, 0.25) is 0 Å². The molecule has 1 aliphatic carbocycles. The summed E-state index contributed by atoms with van der Waals surface area (Å²) in [5.41, 5.74) is 3.74. The number of nitrogens with one attached hydrogen (secondary N) is 2. The minimum atomic E-state index is -0.645. The van der Waals surface area contributed by atoms with E-state index in [0.29, 0.717) is 18.1 Å². The summed E-state index contributed by atoms with van der Waals surface area (Å²) in [4.78, 5) is 7.43. The van der Waals surface area contributed by atoms with Crippen LogP contribution in [0.3, 0.4) is 0 Å². The molecule has 5 heterocycles. The van der Waals surface area contributed by atoms with Crippen molar-refractivity contribution in [3.05, 3.63) is 36.4 Å². The number of rotatable bonds is 16. The van der Waals surface area contributed by atoms with Crippen LogP contribution in [-0.2, 0) is 0 Å². The van der Waals surface area contributed by atoms with Gasteiger partial charge in [-0.05, 0) is 87.0 Å². The van der Waals surface area contributed by atoms with E-state index in [1.165, 1.54) is 81.6 Å². The van der Waals surface area contributed by atoms with Gasteiger partial charge in [-0.1, -0.05) is 38.8 Å². The van der Waals surface area contributed by atoms with Gasteiger partial charge in [0.1, 0.15) is 6.17 Å². The maximum atomic E-state index is 15.2. The number of likely N-dealkylation sites (tertiary alicyclic amines) is 2. The van der Waals surface area contributed by atoms with Gasteiger partial charge in [0.15, 0.2) is 6.29 Å². The van der Waals surface area contributed by atoms with Crippen molar-refractivity contribution >= 4 is 11.8 Å². The number of allylic oxidation sites excluding steroid dienone is 2. The van der Waals surface area contributed by atoms with E-state index in [1.54, 1.807) is 0 Å². The molecule has 4 fully saturated rings. The minimum absolute atomic E-state index is 0.179. The van der Waals surface area contributed by atoms with Crippen LogP contribution in [0.5, 0.6) is 0 Å². The normalized spacial score (nSPS) is 29.4. The maximum Gasteiger partial charge on any atom is 0.157 e. The second-order valence-electron chi connectivity index (χ2n) is 13.2. The van der Waals surface area contributed by atoms with Gasteiger partial charge >= 0.3 is 0 Å². The van der Waals surface area contributed by atoms with Crippen molar-refractivity contribution in [2.24, 2.45) is 23.7 Å². The number of hydrogen-bond donors (Lipinski definition) is 2. The SMILES string of the molecule is C=C(CC1CN(C(=C)CC2CCC(CCCCC3CCN(C4NC5=CN4C5)CC3)CC2F)C1)NCCCSC. The molecule has 7 heteroatoms. The Morgan fingerprint density at radius 1 is 1.03 bits per heavy atom. The van der Waals surface area contributed by atoms with E-state index < -0.39 is 6.17 Å². The Hall–Kier alpha value is -1.34. The second kappa shape index (κ2) is 14.0. The third-order valence-electron chi connectivity index (χ3n) is 10.1. The molecule has 5 aliphatic heterocycles. The first-order valence-electron chi connectivity index (χ1n) is 15.9. The molecule has 0 spiro atoms. The number of thioether (sulfide) groups is 1. The number of nitrogens with zero attached hydrogens (tertiary/aromatic N) is 3. The number of unbranched alkanes of at least 4 members (excludes halogenated alkanes) is 1. The minimum Gasteiger partial charge on any atom is -0.389 e. The summed E-state index contributed by atoms with van der Waals surface area (Å²) in [7, 11) is 0. The van der Waals surface area contributed by atoms with Crippen LogP contribution in [0.25, 0.3) is 0 Å². The molecule has 1 saturated carbocycles. The summed E-state index contributed by atoms with van der Waals surface area (Å²) >= 11 is 1.90. The third kappa shape index (κ3) is 7.90. The van der Waals surface area contributed by atoms with E-state index in [9.17, 15) is 0 Å². The molecule has 0 aromatic heterocycles. The molecule has 0 amide bonds. The molecule has 5 nitrogen and oxygen atoms in total. The lowest BCUT2D eigenvalue weighted by Gasteiger charge is -2.44. The van der Waals surface area contributed by atoms with E-state index in [-0.39, 0.29) is 5.92 Å². The lowest BCUT2D eigenvalue weighted by atomic mass is 9.76. The highest BCUT2D eigenvalue weighted by Gasteiger charge is 2.38. The molecule has 39 heavy (non-hydrogen) atoms. The summed E-state index contributed by atoms with van der Waals surface area (Å²) < 4.78 is 15.2. The third-order valence-corrected chi connectivity index (χ3v) is 10.8. The smallest absolute Gasteiger partial charge is 0.157 e. The zero-order valence-corrected chi connectivity index (χ0v) is 25.3. The highest BCUT2D eigenvalue weighted by Crippen LogP contribution is 2.39. The summed E-state index contributed by atoms with van der Waals surface area (Å²) in [6.45, 7) is 15.3. The summed E-state index contributed by atoms with van der Waals surface area (Å²) in [6, 6.07) is 0. The van der Waals surface area contributed by atoms with Gasteiger partial charge in [0.05, 0.1) is 6.54 Å². The van der Waals surface area contributed by atoms with Crippen molar-refractivity contribution in [2.45, 2.75) is 89.5 Å². The first-order chi connectivity index (χ1) is 19.0. The predicted molar refractivity (Wildman–Crippen MR) is 164 cm³/mol. The molecule has 2 N–H and O–H groups in total. The van der Waals surface area contributed by atoms with Gasteiger partial charge in [-0.2, -0.15) is 11.8 Å². The molecule has 6 rings (SSSR count). The van der Waals surface area contributed by atoms with Gasteiger partial charge in [-0.25, -0.2) is 4.39 Å². The topological polar surface area (TPSA) is 33.8 Å². The van der Waals surface area contributed by atoms with Crippen LogP contribution in [0.1, 0.15) is 77.0 Å². The van der Waals surface area contributed by atoms with Gasteiger partial charge < -0.3 is 20.4 Å². The monoisotopic (exact) mass is 559 g/mol. The maximum absolute atomic E-state index is 15.2. The average Bonchev–Trinajstić information content (AvgIpc) is 3.50. The van der Waals surface area contributed by atoms with E-state index >= 15 is 4.39 Å². The zero-order valence-electron chi connectivity index (χ0n) is 24.5. The molecular formula is C32H54FN5S. The Morgan fingerprint density at radius 3 is 2.44 bits per heavy atom. The molecule has 4 atom stereocenters. The van der Waals surface area contributed by atoms with Crippen LogP contribution in [-0.4, -0.2) is 78.4 Å². The number of halogens is 1. The summed E-state index contributed by atoms with van der Waals surface area (Å²) in [5, 5.41) is 7.09. The Kier molecular flexibility index (Phi) is 10.5. The number of hydrogen-bond acceptors (Lipinski definition) is 6. The van der Waals surface area contributed by atoms with Gasteiger partial charge in [0.2, 0.25) is 0 Å². The Morgan fingerprint density at radius 2 is 1.77 bits per heavy atom.